The summed E-state index contributed by atoms with van der Waals surface area (Å²) >= 11 is 0. The van der Waals surface area contributed by atoms with Crippen LogP contribution in [0.5, 0.6) is 5.75 Å². The molecule has 0 spiro atoms. The molecule has 0 radical (unpaired) electrons. The first-order chi connectivity index (χ1) is 17.8. The van der Waals surface area contributed by atoms with Gasteiger partial charge in [0.25, 0.3) is 5.89 Å². The lowest BCUT2D eigenvalue weighted by Gasteiger charge is -2.13. The summed E-state index contributed by atoms with van der Waals surface area (Å²) in [6.45, 7) is 3.24. The third kappa shape index (κ3) is 4.81. The van der Waals surface area contributed by atoms with E-state index in [-0.39, 0.29) is 23.4 Å². The molecule has 0 aliphatic heterocycles. The van der Waals surface area contributed by atoms with Gasteiger partial charge in [-0.1, -0.05) is 11.2 Å². The number of rotatable bonds is 6. The van der Waals surface area contributed by atoms with E-state index in [1.165, 1.54) is 16.8 Å². The lowest BCUT2D eigenvalue weighted by atomic mass is 10.1. The Morgan fingerprint density at radius 1 is 1.08 bits per heavy atom. The minimum Gasteiger partial charge on any atom is -0.497 e. The van der Waals surface area contributed by atoms with E-state index >= 15 is 0 Å². The zero-order valence-corrected chi connectivity index (χ0v) is 20.3. The molecule has 1 N–H and O–H groups in total. The monoisotopic (exact) mass is 499 g/mol. The van der Waals surface area contributed by atoms with Crippen molar-refractivity contribution < 1.29 is 18.4 Å². The van der Waals surface area contributed by atoms with E-state index in [0.717, 1.165) is 0 Å². The molecule has 0 saturated heterocycles. The van der Waals surface area contributed by atoms with Gasteiger partial charge in [-0.15, -0.1) is 0 Å². The van der Waals surface area contributed by atoms with E-state index in [2.05, 4.69) is 20.4 Å². The first-order valence-corrected chi connectivity index (χ1v) is 11.4. The molecule has 0 saturated carbocycles. The van der Waals surface area contributed by atoms with E-state index in [1.54, 1.807) is 69.5 Å². The zero-order valence-electron chi connectivity index (χ0n) is 20.3. The Morgan fingerprint density at radius 3 is 2.59 bits per heavy atom. The number of hydrogen-bond donors (Lipinski definition) is 1. The number of aryl methyl sites for hydroxylation is 2. The normalized spacial score (nSPS) is 11.0. The molecule has 3 heterocycles. The van der Waals surface area contributed by atoms with Gasteiger partial charge in [0, 0.05) is 23.1 Å². The molecule has 5 rings (SSSR count). The van der Waals surface area contributed by atoms with E-state index in [4.69, 9.17) is 9.26 Å². The van der Waals surface area contributed by atoms with Crippen molar-refractivity contribution in [3.63, 3.8) is 0 Å². The Morgan fingerprint density at radius 2 is 1.86 bits per heavy atom. The van der Waals surface area contributed by atoms with Gasteiger partial charge >= 0.3 is 0 Å². The molecule has 186 valence electrons. The summed E-state index contributed by atoms with van der Waals surface area (Å²) in [6, 6.07) is 14.9. The zero-order chi connectivity index (χ0) is 26.1. The number of ether oxygens (including phenoxy) is 1. The summed E-state index contributed by atoms with van der Waals surface area (Å²) in [5.41, 5.74) is 2.25. The van der Waals surface area contributed by atoms with Crippen molar-refractivity contribution in [3.8, 4) is 28.6 Å². The highest BCUT2D eigenvalue weighted by atomic mass is 19.1. The lowest BCUT2D eigenvalue weighted by molar-refractivity contribution is -0.116. The van der Waals surface area contributed by atoms with Gasteiger partial charge in [-0.25, -0.2) is 9.37 Å². The topological polar surface area (TPSA) is 112 Å². The van der Waals surface area contributed by atoms with Gasteiger partial charge in [0.15, 0.2) is 0 Å². The number of halogens is 1. The Bertz CT molecular complexity index is 1690. The molecular formula is C27H22FN5O4. The molecule has 0 fully saturated rings. The highest BCUT2D eigenvalue weighted by molar-refractivity contribution is 5.92. The number of benzene rings is 2. The number of hydrogen-bond acceptors (Lipinski definition) is 7. The van der Waals surface area contributed by atoms with Crippen LogP contribution in [0.15, 0.2) is 70.1 Å². The van der Waals surface area contributed by atoms with Crippen LogP contribution in [-0.4, -0.2) is 32.7 Å². The average Bonchev–Trinajstić information content (AvgIpc) is 3.38. The second-order valence-electron chi connectivity index (χ2n) is 8.49. The maximum atomic E-state index is 13.9. The van der Waals surface area contributed by atoms with Gasteiger partial charge in [0.1, 0.15) is 29.3 Å². The number of nitrogens with one attached hydrogen (secondary N) is 1. The maximum Gasteiger partial charge on any atom is 0.263 e. The molecular weight excluding hydrogens is 477 g/mol. The third-order valence-electron chi connectivity index (χ3n) is 5.83. The number of aromatic nitrogens is 4. The van der Waals surface area contributed by atoms with Crippen LogP contribution in [0.3, 0.4) is 0 Å². The quantitative estimate of drug-likeness (QED) is 0.366. The highest BCUT2D eigenvalue weighted by Gasteiger charge is 2.19. The number of methoxy groups -OCH3 is 1. The van der Waals surface area contributed by atoms with Crippen molar-refractivity contribution >= 4 is 22.6 Å². The maximum absolute atomic E-state index is 13.9. The number of pyridine rings is 2. The third-order valence-corrected chi connectivity index (χ3v) is 5.83. The molecule has 2 aromatic carbocycles. The van der Waals surface area contributed by atoms with Crippen LogP contribution in [0.2, 0.25) is 0 Å². The first kappa shape index (κ1) is 23.9. The number of anilines is 1. The van der Waals surface area contributed by atoms with Gasteiger partial charge in [-0.05, 0) is 67.9 Å². The summed E-state index contributed by atoms with van der Waals surface area (Å²) in [5, 5.41) is 6.98. The fourth-order valence-electron chi connectivity index (χ4n) is 3.85. The molecule has 1 amide bonds. The Kier molecular flexibility index (Phi) is 6.22. The van der Waals surface area contributed by atoms with Crippen LogP contribution < -0.4 is 15.5 Å². The minimum atomic E-state index is -0.424. The minimum absolute atomic E-state index is 0.00746. The summed E-state index contributed by atoms with van der Waals surface area (Å²) < 4.78 is 26.1. The van der Waals surface area contributed by atoms with Crippen LogP contribution in [0, 0.1) is 19.7 Å². The summed E-state index contributed by atoms with van der Waals surface area (Å²) in [4.78, 5) is 35.1. The van der Waals surface area contributed by atoms with Gasteiger partial charge in [-0.3, -0.25) is 9.59 Å². The predicted molar refractivity (Wildman–Crippen MR) is 136 cm³/mol. The second kappa shape index (κ2) is 9.65. The molecule has 0 atom stereocenters. The molecule has 0 bridgehead atoms. The summed E-state index contributed by atoms with van der Waals surface area (Å²) in [5.74, 6) is 0.138. The molecule has 3 aromatic heterocycles. The molecule has 0 aliphatic carbocycles. The Hall–Kier alpha value is -4.86. The fraction of sp³-hybridized carbons (Fsp3) is 0.148. The molecule has 5 aromatic rings. The molecule has 0 aliphatic rings. The van der Waals surface area contributed by atoms with Crippen molar-refractivity contribution in [1.29, 1.82) is 0 Å². The lowest BCUT2D eigenvalue weighted by Crippen LogP contribution is -2.22. The van der Waals surface area contributed by atoms with Crippen LogP contribution in [0.1, 0.15) is 11.3 Å². The van der Waals surface area contributed by atoms with Crippen LogP contribution in [0.25, 0.3) is 33.9 Å². The number of nitrogens with zero attached hydrogens (tertiary/aromatic N) is 4. The van der Waals surface area contributed by atoms with E-state index < -0.39 is 11.7 Å². The van der Waals surface area contributed by atoms with E-state index in [0.29, 0.717) is 45.1 Å². The second-order valence-corrected chi connectivity index (χ2v) is 8.49. The Balaban J connectivity index is 1.52. The molecule has 9 nitrogen and oxygen atoms in total. The molecule has 10 heteroatoms. The van der Waals surface area contributed by atoms with Crippen molar-refractivity contribution in [3.05, 3.63) is 88.1 Å². The largest absolute Gasteiger partial charge is 0.497 e. The summed E-state index contributed by atoms with van der Waals surface area (Å²) in [6.07, 6.45) is 1.47. The first-order valence-electron chi connectivity index (χ1n) is 11.4. The van der Waals surface area contributed by atoms with Crippen LogP contribution in [-0.2, 0) is 11.3 Å². The standard InChI is InChI=1S/C27H22FN5O4/c1-15-4-8-18(12-22(15)28)30-23(34)14-33-13-21(24(35)20-11-5-16(2)29-26(20)33)27-31-25(32-37-27)17-6-9-19(36-3)10-7-17/h4-13H,14H2,1-3H3,(H,30,34). The van der Waals surface area contributed by atoms with Crippen molar-refractivity contribution in [2.24, 2.45) is 0 Å². The summed E-state index contributed by atoms with van der Waals surface area (Å²) in [7, 11) is 1.57. The van der Waals surface area contributed by atoms with Crippen molar-refractivity contribution in [1.82, 2.24) is 19.7 Å². The van der Waals surface area contributed by atoms with Crippen LogP contribution in [0.4, 0.5) is 10.1 Å². The number of carbonyl (C=O) groups excluding carboxylic acids is 1. The van der Waals surface area contributed by atoms with E-state index in [1.807, 2.05) is 0 Å². The highest BCUT2D eigenvalue weighted by Crippen LogP contribution is 2.24. The van der Waals surface area contributed by atoms with Gasteiger partial charge in [-0.2, -0.15) is 4.98 Å². The van der Waals surface area contributed by atoms with Crippen molar-refractivity contribution in [2.75, 3.05) is 12.4 Å². The van der Waals surface area contributed by atoms with Gasteiger partial charge in [0.05, 0.1) is 12.5 Å². The van der Waals surface area contributed by atoms with Gasteiger partial charge < -0.3 is 19.1 Å². The smallest absolute Gasteiger partial charge is 0.263 e. The Labute approximate surface area is 210 Å². The number of fused-ring (bicyclic) bond motifs is 1. The van der Waals surface area contributed by atoms with E-state index in [9.17, 15) is 14.0 Å². The van der Waals surface area contributed by atoms with Crippen LogP contribution >= 0.6 is 0 Å². The number of carbonyl (C=O) groups is 1. The molecule has 0 unspecified atom stereocenters. The average molecular weight is 500 g/mol. The fourth-order valence-corrected chi connectivity index (χ4v) is 3.85. The van der Waals surface area contributed by atoms with Gasteiger partial charge in [0.2, 0.25) is 17.2 Å². The molecule has 37 heavy (non-hydrogen) atoms. The SMILES string of the molecule is COc1ccc(-c2noc(-c3cn(CC(=O)Nc4ccc(C)c(F)c4)c4nc(C)ccc4c3=O)n2)cc1. The number of amides is 1. The predicted octanol–water partition coefficient (Wildman–Crippen LogP) is 4.52. The van der Waals surface area contributed by atoms with Crippen molar-refractivity contribution in [2.45, 2.75) is 20.4 Å².